The quantitative estimate of drug-likeness (QED) is 0.341. The van der Waals surface area contributed by atoms with E-state index in [9.17, 15) is 4.79 Å². The zero-order chi connectivity index (χ0) is 21.9. The molecular formula is C26H23N3O2S. The number of benzene rings is 2. The Morgan fingerprint density at radius 3 is 2.72 bits per heavy atom. The number of carbonyl (C=O) groups excluding carboxylic acids is 1. The van der Waals surface area contributed by atoms with E-state index in [0.29, 0.717) is 23.9 Å². The van der Waals surface area contributed by atoms with Crippen molar-refractivity contribution >= 4 is 28.1 Å². The summed E-state index contributed by atoms with van der Waals surface area (Å²) in [4.78, 5) is 22.0. The van der Waals surface area contributed by atoms with Gasteiger partial charge in [0.05, 0.1) is 12.1 Å². The molecule has 0 bridgehead atoms. The average molecular weight is 442 g/mol. The van der Waals surface area contributed by atoms with Crippen LogP contribution in [0.1, 0.15) is 27.8 Å². The zero-order valence-corrected chi connectivity index (χ0v) is 18.5. The number of hydrogen-bond acceptors (Lipinski definition) is 4. The normalized spacial score (nSPS) is 12.2. The second-order valence-electron chi connectivity index (χ2n) is 7.73. The zero-order valence-electron chi connectivity index (χ0n) is 17.7. The number of fused-ring (bicyclic) bond motifs is 1. The first-order chi connectivity index (χ1) is 15.7. The molecule has 0 spiro atoms. The van der Waals surface area contributed by atoms with E-state index >= 15 is 0 Å². The Kier molecular flexibility index (Phi) is 5.60. The van der Waals surface area contributed by atoms with Crippen molar-refractivity contribution in [1.82, 2.24) is 15.3 Å². The molecule has 160 valence electrons. The smallest absolute Gasteiger partial charge is 0.226 e. The van der Waals surface area contributed by atoms with Crippen molar-refractivity contribution in [3.05, 3.63) is 100 Å². The van der Waals surface area contributed by atoms with Crippen molar-refractivity contribution in [2.75, 3.05) is 6.54 Å². The van der Waals surface area contributed by atoms with Gasteiger partial charge in [-0.05, 0) is 42.1 Å². The third kappa shape index (κ3) is 4.09. The van der Waals surface area contributed by atoms with E-state index in [1.54, 1.807) is 11.3 Å². The molecule has 0 aliphatic heterocycles. The summed E-state index contributed by atoms with van der Waals surface area (Å²) in [7, 11) is 0. The lowest BCUT2D eigenvalue weighted by Crippen LogP contribution is -2.30. The number of carbonyl (C=O) groups is 1. The summed E-state index contributed by atoms with van der Waals surface area (Å²) in [5, 5.41) is 6.37. The van der Waals surface area contributed by atoms with Gasteiger partial charge in [-0.1, -0.05) is 42.5 Å². The highest BCUT2D eigenvalue weighted by molar-refractivity contribution is 7.10. The Morgan fingerprint density at radius 1 is 1.09 bits per heavy atom. The van der Waals surface area contributed by atoms with Gasteiger partial charge in [-0.3, -0.25) is 4.79 Å². The summed E-state index contributed by atoms with van der Waals surface area (Å²) in [5.41, 5.74) is 3.86. The lowest BCUT2D eigenvalue weighted by atomic mass is 9.96. The molecule has 0 saturated carbocycles. The Balaban J connectivity index is 1.32. The Morgan fingerprint density at radius 2 is 1.91 bits per heavy atom. The van der Waals surface area contributed by atoms with E-state index in [1.807, 2.05) is 55.5 Å². The van der Waals surface area contributed by atoms with Crippen LogP contribution in [0.25, 0.3) is 22.4 Å². The molecule has 5 aromatic rings. The van der Waals surface area contributed by atoms with Crippen LogP contribution in [0.5, 0.6) is 0 Å². The average Bonchev–Trinajstić information content (AvgIpc) is 3.56. The van der Waals surface area contributed by atoms with Gasteiger partial charge < -0.3 is 14.7 Å². The summed E-state index contributed by atoms with van der Waals surface area (Å²) in [6.07, 6.45) is 2.24. The van der Waals surface area contributed by atoms with Crippen LogP contribution in [0.4, 0.5) is 0 Å². The molecule has 1 amide bonds. The number of hydrogen-bond donors (Lipinski definition) is 2. The van der Waals surface area contributed by atoms with Crippen molar-refractivity contribution < 1.29 is 9.21 Å². The fourth-order valence-electron chi connectivity index (χ4n) is 3.96. The molecule has 32 heavy (non-hydrogen) atoms. The van der Waals surface area contributed by atoms with Crippen LogP contribution in [-0.2, 0) is 11.2 Å². The first-order valence-electron chi connectivity index (χ1n) is 10.6. The molecule has 3 heterocycles. The van der Waals surface area contributed by atoms with Gasteiger partial charge in [0.2, 0.25) is 11.8 Å². The van der Waals surface area contributed by atoms with E-state index in [4.69, 9.17) is 4.42 Å². The summed E-state index contributed by atoms with van der Waals surface area (Å²) in [6.45, 7) is 2.37. The molecule has 2 N–H and O–H groups in total. The molecule has 0 radical (unpaired) electrons. The highest BCUT2D eigenvalue weighted by Gasteiger charge is 2.21. The Hall–Kier alpha value is -3.64. The Bertz CT molecular complexity index is 1340. The third-order valence-corrected chi connectivity index (χ3v) is 6.61. The molecule has 5 rings (SSSR count). The van der Waals surface area contributed by atoms with Gasteiger partial charge in [0.1, 0.15) is 5.76 Å². The van der Waals surface area contributed by atoms with Crippen molar-refractivity contribution in [2.24, 2.45) is 0 Å². The maximum absolute atomic E-state index is 12.8. The second kappa shape index (κ2) is 8.85. The van der Waals surface area contributed by atoms with Crippen LogP contribution in [-0.4, -0.2) is 22.4 Å². The van der Waals surface area contributed by atoms with Gasteiger partial charge in [-0.15, -0.1) is 11.3 Å². The summed E-state index contributed by atoms with van der Waals surface area (Å²) in [6, 6.07) is 22.2. The highest BCUT2D eigenvalue weighted by atomic mass is 32.1. The predicted molar refractivity (Wildman–Crippen MR) is 128 cm³/mol. The summed E-state index contributed by atoms with van der Waals surface area (Å²) >= 11 is 1.70. The van der Waals surface area contributed by atoms with Crippen molar-refractivity contribution in [3.8, 4) is 11.5 Å². The number of aromatic amines is 1. The molecule has 0 aliphatic rings. The second-order valence-corrected chi connectivity index (χ2v) is 8.71. The first-order valence-corrected chi connectivity index (χ1v) is 11.4. The highest BCUT2D eigenvalue weighted by Crippen LogP contribution is 2.33. The number of nitrogens with one attached hydrogen (secondary N) is 2. The van der Waals surface area contributed by atoms with E-state index in [1.165, 1.54) is 15.8 Å². The maximum atomic E-state index is 12.8. The summed E-state index contributed by atoms with van der Waals surface area (Å²) in [5.74, 6) is 1.22. The fourth-order valence-corrected chi connectivity index (χ4v) is 4.81. The van der Waals surface area contributed by atoms with Crippen LogP contribution < -0.4 is 5.32 Å². The number of nitrogens with zero attached hydrogens (tertiary/aromatic N) is 1. The molecule has 5 nitrogen and oxygen atoms in total. The van der Waals surface area contributed by atoms with Crippen LogP contribution in [0.2, 0.25) is 0 Å². The van der Waals surface area contributed by atoms with Gasteiger partial charge >= 0.3 is 0 Å². The standard InChI is InChI=1S/C26H23N3O2S/c1-17-23(29-26(31-17)18-8-3-2-4-9-18)14-25(30)28-16-21(24-12-7-13-32-24)20-15-27-22-11-6-5-10-19(20)22/h2-13,15,21,27H,14,16H2,1H3,(H,28,30). The minimum atomic E-state index is -0.0672. The van der Waals surface area contributed by atoms with Gasteiger partial charge in [0, 0.05) is 40.0 Å². The van der Waals surface area contributed by atoms with Crippen molar-refractivity contribution in [2.45, 2.75) is 19.3 Å². The number of aromatic nitrogens is 2. The third-order valence-electron chi connectivity index (χ3n) is 5.63. The van der Waals surface area contributed by atoms with Crippen molar-refractivity contribution in [1.29, 1.82) is 0 Å². The molecule has 1 unspecified atom stereocenters. The molecule has 0 fully saturated rings. The molecule has 3 aromatic heterocycles. The monoisotopic (exact) mass is 441 g/mol. The largest absolute Gasteiger partial charge is 0.441 e. The summed E-state index contributed by atoms with van der Waals surface area (Å²) < 4.78 is 5.80. The fraction of sp³-hybridized carbons (Fsp3) is 0.154. The topological polar surface area (TPSA) is 70.9 Å². The minimum Gasteiger partial charge on any atom is -0.441 e. The van der Waals surface area contributed by atoms with Crippen LogP contribution in [0.3, 0.4) is 0 Å². The number of oxazole rings is 1. The van der Waals surface area contributed by atoms with Gasteiger partial charge in [-0.2, -0.15) is 0 Å². The lowest BCUT2D eigenvalue weighted by molar-refractivity contribution is -0.120. The number of H-pyrrole nitrogens is 1. The molecular weight excluding hydrogens is 418 g/mol. The lowest BCUT2D eigenvalue weighted by Gasteiger charge is -2.16. The first kappa shape index (κ1) is 20.3. The SMILES string of the molecule is Cc1oc(-c2ccccc2)nc1CC(=O)NCC(c1cccs1)c1c[nH]c2ccccc12. The van der Waals surface area contributed by atoms with Gasteiger partial charge in [0.25, 0.3) is 0 Å². The number of amides is 1. The number of thiophene rings is 1. The van der Waals surface area contributed by atoms with E-state index < -0.39 is 0 Å². The van der Waals surface area contributed by atoms with Crippen LogP contribution in [0, 0.1) is 6.92 Å². The van der Waals surface area contributed by atoms with Gasteiger partial charge in [-0.25, -0.2) is 4.98 Å². The van der Waals surface area contributed by atoms with Crippen LogP contribution >= 0.6 is 11.3 Å². The number of para-hydroxylation sites is 1. The Labute approximate surface area is 190 Å². The van der Waals surface area contributed by atoms with Gasteiger partial charge in [0.15, 0.2) is 0 Å². The van der Waals surface area contributed by atoms with Crippen molar-refractivity contribution in [3.63, 3.8) is 0 Å². The van der Waals surface area contributed by atoms with Crippen LogP contribution in [0.15, 0.2) is 82.7 Å². The molecule has 2 aromatic carbocycles. The predicted octanol–water partition coefficient (Wildman–Crippen LogP) is 5.68. The van der Waals surface area contributed by atoms with E-state index in [0.717, 1.165) is 11.1 Å². The molecule has 0 saturated heterocycles. The van der Waals surface area contributed by atoms with E-state index in [-0.39, 0.29) is 18.2 Å². The molecule has 6 heteroatoms. The molecule has 0 aliphatic carbocycles. The minimum absolute atomic E-state index is 0.0672. The number of rotatable bonds is 7. The maximum Gasteiger partial charge on any atom is 0.226 e. The van der Waals surface area contributed by atoms with E-state index in [2.05, 4.69) is 45.1 Å². The number of aryl methyl sites for hydroxylation is 1. The molecule has 1 atom stereocenters.